The predicted octanol–water partition coefficient (Wildman–Crippen LogP) is 1.83. The van der Waals surface area contributed by atoms with Crippen LogP contribution in [0.3, 0.4) is 0 Å². The van der Waals surface area contributed by atoms with Gasteiger partial charge in [0.15, 0.2) is 11.7 Å². The summed E-state index contributed by atoms with van der Waals surface area (Å²) < 4.78 is 18.7. The standard InChI is InChI=1S/C20H25FN4O3/c1-2-22-20(23-13-15-5-6-17(21)16(12-15)14-26)25-9-7-24(8-10-25)19(27)18-4-3-11-28-18/h3-6,11-12,26H,2,7-10,13-14H2,1H3,(H,22,23). The highest BCUT2D eigenvalue weighted by atomic mass is 19.1. The first-order valence-electron chi connectivity index (χ1n) is 9.36. The van der Waals surface area contributed by atoms with Gasteiger partial charge in [-0.15, -0.1) is 0 Å². The Morgan fingerprint density at radius 3 is 2.64 bits per heavy atom. The fraction of sp³-hybridized carbons (Fsp3) is 0.400. The van der Waals surface area contributed by atoms with E-state index in [-0.39, 0.29) is 18.1 Å². The van der Waals surface area contributed by atoms with Crippen molar-refractivity contribution in [3.05, 3.63) is 59.3 Å². The SMILES string of the molecule is CCNC(=NCc1ccc(F)c(CO)c1)N1CCN(C(=O)c2ccco2)CC1. The van der Waals surface area contributed by atoms with Gasteiger partial charge in [0, 0.05) is 38.3 Å². The van der Waals surface area contributed by atoms with E-state index in [1.54, 1.807) is 29.2 Å². The zero-order valence-electron chi connectivity index (χ0n) is 15.9. The third-order valence-electron chi connectivity index (χ3n) is 4.63. The van der Waals surface area contributed by atoms with Crippen LogP contribution in [0.15, 0.2) is 46.0 Å². The van der Waals surface area contributed by atoms with Gasteiger partial charge in [-0.1, -0.05) is 6.07 Å². The topological polar surface area (TPSA) is 81.3 Å². The second-order valence-corrected chi connectivity index (χ2v) is 6.51. The van der Waals surface area contributed by atoms with Crippen molar-refractivity contribution < 1.29 is 18.7 Å². The molecule has 0 atom stereocenters. The Hall–Kier alpha value is -2.87. The summed E-state index contributed by atoms with van der Waals surface area (Å²) in [5.41, 5.74) is 1.09. The smallest absolute Gasteiger partial charge is 0.289 e. The molecule has 2 heterocycles. The maximum Gasteiger partial charge on any atom is 0.289 e. The first kappa shape index (κ1) is 19.9. The number of nitrogens with zero attached hydrogens (tertiary/aromatic N) is 3. The van der Waals surface area contributed by atoms with Crippen molar-refractivity contribution in [2.24, 2.45) is 4.99 Å². The number of carbonyl (C=O) groups is 1. The van der Waals surface area contributed by atoms with Crippen molar-refractivity contribution in [3.8, 4) is 0 Å². The van der Waals surface area contributed by atoms with Gasteiger partial charge in [0.2, 0.25) is 0 Å². The van der Waals surface area contributed by atoms with Crippen LogP contribution in [0, 0.1) is 5.82 Å². The normalized spacial score (nSPS) is 15.0. The van der Waals surface area contributed by atoms with Gasteiger partial charge in [-0.05, 0) is 36.8 Å². The second-order valence-electron chi connectivity index (χ2n) is 6.51. The van der Waals surface area contributed by atoms with Crippen molar-refractivity contribution in [3.63, 3.8) is 0 Å². The summed E-state index contributed by atoms with van der Waals surface area (Å²) in [7, 11) is 0. The van der Waals surface area contributed by atoms with Crippen LogP contribution >= 0.6 is 0 Å². The zero-order valence-corrected chi connectivity index (χ0v) is 15.9. The van der Waals surface area contributed by atoms with Crippen LogP contribution in [0.5, 0.6) is 0 Å². The minimum Gasteiger partial charge on any atom is -0.459 e. The molecule has 1 aliphatic rings. The number of hydrogen-bond donors (Lipinski definition) is 2. The van der Waals surface area contributed by atoms with E-state index in [4.69, 9.17) is 4.42 Å². The summed E-state index contributed by atoms with van der Waals surface area (Å²) in [6.07, 6.45) is 1.50. The number of benzene rings is 1. The summed E-state index contributed by atoms with van der Waals surface area (Å²) in [6, 6.07) is 8.02. The molecule has 1 aromatic heterocycles. The van der Waals surface area contributed by atoms with Crippen LogP contribution in [-0.2, 0) is 13.2 Å². The van der Waals surface area contributed by atoms with E-state index < -0.39 is 5.82 Å². The van der Waals surface area contributed by atoms with Gasteiger partial charge < -0.3 is 24.6 Å². The average Bonchev–Trinajstić information content (AvgIpc) is 3.26. The van der Waals surface area contributed by atoms with E-state index >= 15 is 0 Å². The number of guanidine groups is 1. The third-order valence-corrected chi connectivity index (χ3v) is 4.63. The fourth-order valence-electron chi connectivity index (χ4n) is 3.12. The number of piperazine rings is 1. The van der Waals surface area contributed by atoms with Gasteiger partial charge in [-0.2, -0.15) is 0 Å². The molecule has 1 aliphatic heterocycles. The van der Waals surface area contributed by atoms with Crippen LogP contribution in [0.2, 0.25) is 0 Å². The Labute approximate surface area is 163 Å². The molecule has 2 aromatic rings. The molecule has 0 unspecified atom stereocenters. The van der Waals surface area contributed by atoms with Crippen LogP contribution < -0.4 is 5.32 Å². The Morgan fingerprint density at radius 2 is 2.00 bits per heavy atom. The van der Waals surface area contributed by atoms with Gasteiger partial charge in [0.1, 0.15) is 5.82 Å². The van der Waals surface area contributed by atoms with Crippen LogP contribution in [0.4, 0.5) is 4.39 Å². The van der Waals surface area contributed by atoms with Crippen molar-refractivity contribution in [1.82, 2.24) is 15.1 Å². The average molecular weight is 388 g/mol. The molecule has 1 fully saturated rings. The number of aliphatic hydroxyl groups excluding tert-OH is 1. The third kappa shape index (κ3) is 4.69. The number of furan rings is 1. The molecule has 0 bridgehead atoms. The van der Waals surface area contributed by atoms with Crippen LogP contribution in [0.1, 0.15) is 28.6 Å². The molecular weight excluding hydrogens is 363 g/mol. The number of nitrogens with one attached hydrogen (secondary N) is 1. The molecule has 2 N–H and O–H groups in total. The molecule has 150 valence electrons. The first-order chi connectivity index (χ1) is 13.6. The van der Waals surface area contributed by atoms with Crippen molar-refractivity contribution in [1.29, 1.82) is 0 Å². The maximum absolute atomic E-state index is 13.5. The number of halogens is 1. The highest BCUT2D eigenvalue weighted by Gasteiger charge is 2.25. The lowest BCUT2D eigenvalue weighted by molar-refractivity contribution is 0.0657. The van der Waals surface area contributed by atoms with Gasteiger partial charge >= 0.3 is 0 Å². The molecule has 1 aromatic carbocycles. The molecule has 0 saturated carbocycles. The van der Waals surface area contributed by atoms with E-state index in [1.165, 1.54) is 12.3 Å². The summed E-state index contributed by atoms with van der Waals surface area (Å²) in [6.45, 7) is 5.22. The van der Waals surface area contributed by atoms with Gasteiger partial charge in [0.05, 0.1) is 19.4 Å². The van der Waals surface area contributed by atoms with E-state index in [0.29, 0.717) is 38.5 Å². The highest BCUT2D eigenvalue weighted by molar-refractivity contribution is 5.91. The number of amides is 1. The van der Waals surface area contributed by atoms with E-state index in [1.807, 2.05) is 6.92 Å². The summed E-state index contributed by atoms with van der Waals surface area (Å²) in [5, 5.41) is 12.5. The summed E-state index contributed by atoms with van der Waals surface area (Å²) in [4.78, 5) is 20.9. The largest absolute Gasteiger partial charge is 0.459 e. The minimum absolute atomic E-state index is 0.102. The lowest BCUT2D eigenvalue weighted by Gasteiger charge is -2.36. The summed E-state index contributed by atoms with van der Waals surface area (Å²) >= 11 is 0. The van der Waals surface area contributed by atoms with Gasteiger partial charge in [0.25, 0.3) is 5.91 Å². The summed E-state index contributed by atoms with van der Waals surface area (Å²) in [5.74, 6) is 0.585. The van der Waals surface area contributed by atoms with Crippen molar-refractivity contribution >= 4 is 11.9 Å². The predicted molar refractivity (Wildman–Crippen MR) is 103 cm³/mol. The Kier molecular flexibility index (Phi) is 6.65. The number of hydrogen-bond acceptors (Lipinski definition) is 4. The molecule has 8 heteroatoms. The lowest BCUT2D eigenvalue weighted by Crippen LogP contribution is -2.53. The number of aliphatic imine (C=N–C) groups is 1. The Balaban J connectivity index is 1.63. The van der Waals surface area contributed by atoms with Crippen LogP contribution in [-0.4, -0.2) is 59.5 Å². The van der Waals surface area contributed by atoms with E-state index in [9.17, 15) is 14.3 Å². The van der Waals surface area contributed by atoms with E-state index in [0.717, 1.165) is 18.1 Å². The Bertz CT molecular complexity index is 815. The number of carbonyl (C=O) groups excluding carboxylic acids is 1. The van der Waals surface area contributed by atoms with Gasteiger partial charge in [-0.3, -0.25) is 4.79 Å². The molecule has 28 heavy (non-hydrogen) atoms. The first-order valence-corrected chi connectivity index (χ1v) is 9.36. The Morgan fingerprint density at radius 1 is 1.25 bits per heavy atom. The maximum atomic E-state index is 13.5. The molecule has 7 nitrogen and oxygen atoms in total. The second kappa shape index (κ2) is 9.36. The molecule has 0 radical (unpaired) electrons. The van der Waals surface area contributed by atoms with Crippen molar-refractivity contribution in [2.45, 2.75) is 20.1 Å². The fourth-order valence-corrected chi connectivity index (χ4v) is 3.12. The molecule has 1 amide bonds. The molecule has 0 spiro atoms. The molecular formula is C20H25FN4O3. The molecule has 1 saturated heterocycles. The number of aliphatic hydroxyl groups is 1. The monoisotopic (exact) mass is 388 g/mol. The lowest BCUT2D eigenvalue weighted by atomic mass is 10.1. The molecule has 0 aliphatic carbocycles. The highest BCUT2D eigenvalue weighted by Crippen LogP contribution is 2.13. The zero-order chi connectivity index (χ0) is 19.9. The van der Waals surface area contributed by atoms with E-state index in [2.05, 4.69) is 15.2 Å². The molecule has 3 rings (SSSR count). The van der Waals surface area contributed by atoms with Gasteiger partial charge in [-0.25, -0.2) is 9.38 Å². The quantitative estimate of drug-likeness (QED) is 0.603. The van der Waals surface area contributed by atoms with Crippen LogP contribution in [0.25, 0.3) is 0 Å². The number of rotatable bonds is 5. The van der Waals surface area contributed by atoms with Crippen molar-refractivity contribution in [2.75, 3.05) is 32.7 Å². The minimum atomic E-state index is -0.417.